The number of nitrogens with zero attached hydrogens (tertiary/aromatic N) is 3. The van der Waals surface area contributed by atoms with Gasteiger partial charge in [0.25, 0.3) is 0 Å². The first-order valence-corrected chi connectivity index (χ1v) is 6.27. The smallest absolute Gasteiger partial charge is 0.224 e. The molecule has 3 N–H and O–H groups in total. The molecule has 0 aromatic carbocycles. The molecule has 3 rings (SSSR count). The number of hydrogen-bond acceptors (Lipinski definition) is 4. The second-order valence-corrected chi connectivity index (χ2v) is 4.97. The fraction of sp³-hybridized carbons (Fsp3) is 0.818. The summed E-state index contributed by atoms with van der Waals surface area (Å²) in [6, 6.07) is 0.186. The van der Waals surface area contributed by atoms with E-state index in [1.165, 1.54) is 32.1 Å². The van der Waals surface area contributed by atoms with Crippen LogP contribution in [0.4, 0.5) is 5.95 Å². The van der Waals surface area contributed by atoms with Crippen LogP contribution in [-0.2, 0) is 6.54 Å². The van der Waals surface area contributed by atoms with Gasteiger partial charge in [-0.2, -0.15) is 0 Å². The fourth-order valence-corrected chi connectivity index (χ4v) is 2.81. The van der Waals surface area contributed by atoms with Crippen LogP contribution < -0.4 is 11.1 Å². The summed E-state index contributed by atoms with van der Waals surface area (Å²) in [5, 5.41) is 11.8. The van der Waals surface area contributed by atoms with Crippen molar-refractivity contribution in [2.75, 3.05) is 11.9 Å². The topological polar surface area (TPSA) is 68.8 Å². The Morgan fingerprint density at radius 2 is 2.00 bits per heavy atom. The molecule has 1 atom stereocenters. The van der Waals surface area contributed by atoms with Crippen LogP contribution in [0.15, 0.2) is 0 Å². The molecule has 1 aromatic rings. The lowest BCUT2D eigenvalue weighted by atomic mass is 9.88. The molecule has 2 heterocycles. The van der Waals surface area contributed by atoms with Gasteiger partial charge in [0.15, 0.2) is 0 Å². The molecule has 1 unspecified atom stereocenters. The third kappa shape index (κ3) is 1.69. The Morgan fingerprint density at radius 1 is 1.19 bits per heavy atom. The minimum atomic E-state index is 0.186. The van der Waals surface area contributed by atoms with Gasteiger partial charge in [0.1, 0.15) is 5.82 Å². The van der Waals surface area contributed by atoms with Gasteiger partial charge >= 0.3 is 0 Å². The lowest BCUT2D eigenvalue weighted by Gasteiger charge is -2.26. The average Bonchev–Trinajstić information content (AvgIpc) is 2.73. The molecule has 88 valence electrons. The van der Waals surface area contributed by atoms with E-state index in [0.717, 1.165) is 24.9 Å². The zero-order valence-electron chi connectivity index (χ0n) is 9.52. The van der Waals surface area contributed by atoms with Gasteiger partial charge < -0.3 is 11.1 Å². The van der Waals surface area contributed by atoms with Crippen molar-refractivity contribution in [3.05, 3.63) is 5.82 Å². The zero-order chi connectivity index (χ0) is 11.0. The van der Waals surface area contributed by atoms with Crippen molar-refractivity contribution in [3.63, 3.8) is 0 Å². The second kappa shape index (κ2) is 4.05. The quantitative estimate of drug-likeness (QED) is 0.744. The van der Waals surface area contributed by atoms with Gasteiger partial charge in [-0.15, -0.1) is 10.2 Å². The van der Waals surface area contributed by atoms with Crippen molar-refractivity contribution < 1.29 is 0 Å². The predicted octanol–water partition coefficient (Wildman–Crippen LogP) is 1.08. The summed E-state index contributed by atoms with van der Waals surface area (Å²) in [5.41, 5.74) is 5.97. The molecule has 1 saturated carbocycles. The van der Waals surface area contributed by atoms with E-state index >= 15 is 0 Å². The van der Waals surface area contributed by atoms with Crippen molar-refractivity contribution in [2.45, 2.75) is 50.6 Å². The van der Waals surface area contributed by atoms with Crippen LogP contribution in [0.25, 0.3) is 0 Å². The molecule has 0 spiro atoms. The van der Waals surface area contributed by atoms with Gasteiger partial charge in [-0.1, -0.05) is 19.3 Å². The van der Waals surface area contributed by atoms with Gasteiger partial charge in [0.05, 0.1) is 0 Å². The highest BCUT2D eigenvalue weighted by atomic mass is 15.4. The number of nitrogens with one attached hydrogen (secondary N) is 1. The highest BCUT2D eigenvalue weighted by Crippen LogP contribution is 2.33. The summed E-state index contributed by atoms with van der Waals surface area (Å²) >= 11 is 0. The highest BCUT2D eigenvalue weighted by molar-refractivity contribution is 5.30. The van der Waals surface area contributed by atoms with Crippen molar-refractivity contribution >= 4 is 5.95 Å². The molecule has 5 nitrogen and oxygen atoms in total. The van der Waals surface area contributed by atoms with Gasteiger partial charge in [0.2, 0.25) is 5.95 Å². The monoisotopic (exact) mass is 221 g/mol. The number of rotatable bonds is 1. The predicted molar refractivity (Wildman–Crippen MR) is 62.3 cm³/mol. The van der Waals surface area contributed by atoms with Crippen LogP contribution in [0.3, 0.4) is 0 Å². The maximum absolute atomic E-state index is 5.97. The Labute approximate surface area is 95.4 Å². The SMILES string of the molecule is NC1CNc2nnc(C3CCCCC3)n2C1. The minimum Gasteiger partial charge on any atom is -0.353 e. The molecular formula is C11H19N5. The number of fused-ring (bicyclic) bond motifs is 1. The van der Waals surface area contributed by atoms with E-state index in [2.05, 4.69) is 20.1 Å². The largest absolute Gasteiger partial charge is 0.353 e. The summed E-state index contributed by atoms with van der Waals surface area (Å²) in [6.45, 7) is 1.67. The van der Waals surface area contributed by atoms with Gasteiger partial charge in [-0.25, -0.2) is 0 Å². The standard InChI is InChI=1S/C11H19N5/c12-9-6-13-11-15-14-10(16(11)7-9)8-4-2-1-3-5-8/h8-9H,1-7,12H2,(H,13,15). The van der Waals surface area contributed by atoms with Gasteiger partial charge in [0, 0.05) is 25.0 Å². The Balaban J connectivity index is 1.86. The van der Waals surface area contributed by atoms with E-state index in [9.17, 15) is 0 Å². The summed E-state index contributed by atoms with van der Waals surface area (Å²) in [6.07, 6.45) is 6.54. The zero-order valence-corrected chi connectivity index (χ0v) is 9.52. The van der Waals surface area contributed by atoms with Crippen LogP contribution in [0, 0.1) is 0 Å². The summed E-state index contributed by atoms with van der Waals surface area (Å²) < 4.78 is 2.18. The molecule has 1 fully saturated rings. The lowest BCUT2D eigenvalue weighted by Crippen LogP contribution is -2.39. The van der Waals surface area contributed by atoms with E-state index < -0.39 is 0 Å². The average molecular weight is 221 g/mol. The van der Waals surface area contributed by atoms with Crippen molar-refractivity contribution in [1.29, 1.82) is 0 Å². The van der Waals surface area contributed by atoms with Crippen LogP contribution in [0.1, 0.15) is 43.8 Å². The van der Waals surface area contributed by atoms with Crippen LogP contribution in [-0.4, -0.2) is 27.4 Å². The van der Waals surface area contributed by atoms with E-state index in [0.29, 0.717) is 5.92 Å². The molecule has 5 heteroatoms. The molecule has 1 aliphatic carbocycles. The minimum absolute atomic E-state index is 0.186. The first kappa shape index (κ1) is 10.1. The van der Waals surface area contributed by atoms with E-state index in [1.54, 1.807) is 0 Å². The molecule has 0 bridgehead atoms. The molecular weight excluding hydrogens is 202 g/mol. The van der Waals surface area contributed by atoms with Crippen molar-refractivity contribution in [2.24, 2.45) is 5.73 Å². The highest BCUT2D eigenvalue weighted by Gasteiger charge is 2.26. The van der Waals surface area contributed by atoms with E-state index in [-0.39, 0.29) is 6.04 Å². The molecule has 1 aliphatic heterocycles. The Bertz CT molecular complexity index is 366. The Morgan fingerprint density at radius 3 is 2.81 bits per heavy atom. The number of hydrogen-bond donors (Lipinski definition) is 2. The van der Waals surface area contributed by atoms with Crippen LogP contribution in [0.2, 0.25) is 0 Å². The normalized spacial score (nSPS) is 26.2. The summed E-state index contributed by atoms with van der Waals surface area (Å²) in [4.78, 5) is 0. The second-order valence-electron chi connectivity index (χ2n) is 4.97. The van der Waals surface area contributed by atoms with Gasteiger partial charge in [-0.3, -0.25) is 4.57 Å². The van der Waals surface area contributed by atoms with E-state index in [1.807, 2.05) is 0 Å². The fourth-order valence-electron chi connectivity index (χ4n) is 2.81. The Hall–Kier alpha value is -1.10. The summed E-state index contributed by atoms with van der Waals surface area (Å²) in [5.74, 6) is 2.65. The maximum atomic E-state index is 5.97. The van der Waals surface area contributed by atoms with Crippen LogP contribution >= 0.6 is 0 Å². The van der Waals surface area contributed by atoms with E-state index in [4.69, 9.17) is 5.73 Å². The number of anilines is 1. The molecule has 0 saturated heterocycles. The molecule has 0 radical (unpaired) electrons. The van der Waals surface area contributed by atoms with Gasteiger partial charge in [-0.05, 0) is 12.8 Å². The lowest BCUT2D eigenvalue weighted by molar-refractivity contribution is 0.406. The maximum Gasteiger partial charge on any atom is 0.224 e. The third-order valence-corrected chi connectivity index (χ3v) is 3.69. The first-order chi connectivity index (χ1) is 7.84. The molecule has 0 amide bonds. The first-order valence-electron chi connectivity index (χ1n) is 6.27. The van der Waals surface area contributed by atoms with Crippen molar-refractivity contribution in [3.8, 4) is 0 Å². The van der Waals surface area contributed by atoms with Crippen LogP contribution in [0.5, 0.6) is 0 Å². The number of aromatic nitrogens is 3. The Kier molecular flexibility index (Phi) is 2.55. The molecule has 2 aliphatic rings. The summed E-state index contributed by atoms with van der Waals surface area (Å²) in [7, 11) is 0. The number of nitrogens with two attached hydrogens (primary N) is 1. The molecule has 16 heavy (non-hydrogen) atoms. The third-order valence-electron chi connectivity index (χ3n) is 3.69. The molecule has 1 aromatic heterocycles. The van der Waals surface area contributed by atoms with Crippen molar-refractivity contribution in [1.82, 2.24) is 14.8 Å².